The van der Waals surface area contributed by atoms with E-state index in [-0.39, 0.29) is 18.4 Å². The van der Waals surface area contributed by atoms with E-state index in [1.807, 2.05) is 13.8 Å². The average molecular weight is 238 g/mol. The lowest BCUT2D eigenvalue weighted by Gasteiger charge is -2.31. The largest absolute Gasteiger partial charge is 1.00 e. The summed E-state index contributed by atoms with van der Waals surface area (Å²) in [5.74, 6) is 0.294. The molecule has 0 radical (unpaired) electrons. The third-order valence-corrected chi connectivity index (χ3v) is 2.38. The zero-order chi connectivity index (χ0) is 11.4. The second kappa shape index (κ2) is 7.07. The van der Waals surface area contributed by atoms with E-state index in [1.165, 1.54) is 0 Å². The van der Waals surface area contributed by atoms with Crippen LogP contribution in [0.15, 0.2) is 0 Å². The molecule has 0 amide bonds. The second-order valence-corrected chi connectivity index (χ2v) is 5.25. The van der Waals surface area contributed by atoms with Gasteiger partial charge in [-0.1, -0.05) is 13.8 Å². The fraction of sp³-hybridized carbons (Fsp3) is 0.909. The van der Waals surface area contributed by atoms with Crippen molar-refractivity contribution in [2.45, 2.75) is 33.2 Å². The van der Waals surface area contributed by atoms with Crippen LogP contribution in [0.2, 0.25) is 0 Å². The van der Waals surface area contributed by atoms with Crippen molar-refractivity contribution in [3.05, 3.63) is 0 Å². The van der Waals surface area contributed by atoms with Gasteiger partial charge >= 0.3 is 5.97 Å². The summed E-state index contributed by atoms with van der Waals surface area (Å²) in [7, 11) is 6.29. The van der Waals surface area contributed by atoms with Crippen LogP contribution in [0.1, 0.15) is 27.2 Å². The van der Waals surface area contributed by atoms with Gasteiger partial charge in [-0.25, -0.2) is 0 Å². The van der Waals surface area contributed by atoms with Gasteiger partial charge in [-0.05, 0) is 12.8 Å². The molecule has 0 fully saturated rings. The van der Waals surface area contributed by atoms with Crippen molar-refractivity contribution in [2.75, 3.05) is 27.7 Å². The Kier molecular flexibility index (Phi) is 8.07. The van der Waals surface area contributed by atoms with Crippen molar-refractivity contribution in [3.8, 4) is 0 Å². The molecule has 0 aliphatic carbocycles. The standard InChI is InChI=1S/C11H24NO2.ClH/c1-9(2)7-11(13)14-8-10(3)12(4,5)6;/h9-10H,7-8H2,1-6H3;1H/q+1;/p-1. The first-order chi connectivity index (χ1) is 6.23. The van der Waals surface area contributed by atoms with Crippen molar-refractivity contribution in [2.24, 2.45) is 5.92 Å². The molecule has 0 aromatic rings. The van der Waals surface area contributed by atoms with E-state index < -0.39 is 0 Å². The highest BCUT2D eigenvalue weighted by molar-refractivity contribution is 5.69. The van der Waals surface area contributed by atoms with Crippen molar-refractivity contribution in [3.63, 3.8) is 0 Å². The fourth-order valence-corrected chi connectivity index (χ4v) is 0.829. The van der Waals surface area contributed by atoms with Gasteiger partial charge < -0.3 is 21.6 Å². The van der Waals surface area contributed by atoms with Crippen LogP contribution in [0, 0.1) is 5.92 Å². The zero-order valence-electron chi connectivity index (χ0n) is 10.7. The molecule has 0 saturated heterocycles. The number of likely N-dealkylation sites (N-methyl/N-ethyl adjacent to an activating group) is 1. The Morgan fingerprint density at radius 3 is 2.00 bits per heavy atom. The van der Waals surface area contributed by atoms with Crippen molar-refractivity contribution in [1.82, 2.24) is 0 Å². The summed E-state index contributed by atoms with van der Waals surface area (Å²) in [6.45, 7) is 6.63. The highest BCUT2D eigenvalue weighted by atomic mass is 35.5. The number of carbonyl (C=O) groups excluding carboxylic acids is 1. The predicted molar refractivity (Wildman–Crippen MR) is 57.9 cm³/mol. The molecule has 1 atom stereocenters. The Hall–Kier alpha value is -0.280. The van der Waals surface area contributed by atoms with E-state index >= 15 is 0 Å². The van der Waals surface area contributed by atoms with Gasteiger partial charge in [-0.2, -0.15) is 0 Å². The Morgan fingerprint density at radius 1 is 1.20 bits per heavy atom. The third kappa shape index (κ3) is 8.70. The number of hydrogen-bond donors (Lipinski definition) is 0. The van der Waals surface area contributed by atoms with Crippen molar-refractivity contribution >= 4 is 5.97 Å². The molecule has 0 aliphatic heterocycles. The van der Waals surface area contributed by atoms with Gasteiger partial charge in [0.05, 0.1) is 21.1 Å². The molecule has 4 heteroatoms. The van der Waals surface area contributed by atoms with Gasteiger partial charge in [0.25, 0.3) is 0 Å². The molecule has 15 heavy (non-hydrogen) atoms. The fourth-order valence-electron chi connectivity index (χ4n) is 0.829. The van der Waals surface area contributed by atoms with E-state index in [9.17, 15) is 4.79 Å². The molecule has 0 aromatic carbocycles. The molecule has 0 spiro atoms. The quantitative estimate of drug-likeness (QED) is 0.438. The Labute approximate surface area is 99.8 Å². The summed E-state index contributed by atoms with van der Waals surface area (Å²) in [5, 5.41) is 0. The number of ether oxygens (including phenoxy) is 1. The molecule has 3 nitrogen and oxygen atoms in total. The van der Waals surface area contributed by atoms with Gasteiger partial charge in [0.2, 0.25) is 0 Å². The summed E-state index contributed by atoms with van der Waals surface area (Å²) < 4.78 is 6.00. The zero-order valence-corrected chi connectivity index (χ0v) is 11.5. The van der Waals surface area contributed by atoms with Crippen LogP contribution in [0.25, 0.3) is 0 Å². The number of rotatable bonds is 5. The lowest BCUT2D eigenvalue weighted by molar-refractivity contribution is -0.894. The summed E-state index contributed by atoms with van der Waals surface area (Å²) >= 11 is 0. The van der Waals surface area contributed by atoms with Gasteiger partial charge in [-0.3, -0.25) is 4.79 Å². The molecular weight excluding hydrogens is 214 g/mol. The molecule has 92 valence electrons. The highest BCUT2D eigenvalue weighted by Gasteiger charge is 2.20. The second-order valence-electron chi connectivity index (χ2n) is 5.25. The lowest BCUT2D eigenvalue weighted by Crippen LogP contribution is -3.00. The molecule has 0 saturated carbocycles. The summed E-state index contributed by atoms with van der Waals surface area (Å²) in [6.07, 6.45) is 0.518. The van der Waals surface area contributed by atoms with Crippen molar-refractivity contribution in [1.29, 1.82) is 0 Å². The van der Waals surface area contributed by atoms with Gasteiger partial charge in [-0.15, -0.1) is 0 Å². The number of hydrogen-bond acceptors (Lipinski definition) is 2. The molecule has 0 rings (SSSR count). The summed E-state index contributed by atoms with van der Waals surface area (Å²) in [6, 6.07) is 0.339. The van der Waals surface area contributed by atoms with Crippen LogP contribution in [0.4, 0.5) is 0 Å². The maximum absolute atomic E-state index is 11.3. The van der Waals surface area contributed by atoms with E-state index in [0.717, 1.165) is 4.48 Å². The first-order valence-electron chi connectivity index (χ1n) is 5.20. The first kappa shape index (κ1) is 17.1. The van der Waals surface area contributed by atoms with Crippen LogP contribution < -0.4 is 12.4 Å². The number of halogens is 1. The maximum atomic E-state index is 11.3. The van der Waals surface area contributed by atoms with Crippen LogP contribution in [0.3, 0.4) is 0 Å². The van der Waals surface area contributed by atoms with Crippen molar-refractivity contribution < 1.29 is 26.4 Å². The Balaban J connectivity index is 0. The molecule has 0 N–H and O–H groups in total. The minimum Gasteiger partial charge on any atom is -1.00 e. The minimum atomic E-state index is -0.0831. The maximum Gasteiger partial charge on any atom is 0.306 e. The number of esters is 1. The van der Waals surface area contributed by atoms with Gasteiger partial charge in [0, 0.05) is 6.42 Å². The SMILES string of the molecule is CC(C)CC(=O)OCC(C)[N+](C)(C)C.[Cl-]. The summed E-state index contributed by atoms with van der Waals surface area (Å²) in [4.78, 5) is 11.3. The molecule has 0 heterocycles. The van der Waals surface area contributed by atoms with E-state index in [2.05, 4.69) is 28.1 Å². The molecule has 0 aromatic heterocycles. The molecular formula is C11H24ClNO2. The molecule has 1 unspecified atom stereocenters. The number of carbonyl (C=O) groups is 1. The summed E-state index contributed by atoms with van der Waals surface area (Å²) in [5.41, 5.74) is 0. The van der Waals surface area contributed by atoms with Crippen LogP contribution in [0.5, 0.6) is 0 Å². The van der Waals surface area contributed by atoms with Crippen LogP contribution >= 0.6 is 0 Å². The number of nitrogens with zero attached hydrogens (tertiary/aromatic N) is 1. The molecule has 0 aliphatic rings. The topological polar surface area (TPSA) is 26.3 Å². The Morgan fingerprint density at radius 2 is 1.67 bits per heavy atom. The Bertz CT molecular complexity index is 188. The van der Waals surface area contributed by atoms with Gasteiger partial charge in [0.15, 0.2) is 0 Å². The smallest absolute Gasteiger partial charge is 0.306 e. The lowest BCUT2D eigenvalue weighted by atomic mass is 10.1. The molecule has 0 bridgehead atoms. The minimum absolute atomic E-state index is 0. The van der Waals surface area contributed by atoms with E-state index in [4.69, 9.17) is 4.74 Å². The first-order valence-corrected chi connectivity index (χ1v) is 5.20. The highest BCUT2D eigenvalue weighted by Crippen LogP contribution is 2.05. The average Bonchev–Trinajstić information content (AvgIpc) is 1.96. The predicted octanol–water partition coefficient (Wildman–Crippen LogP) is -1.33. The van der Waals surface area contributed by atoms with Crippen LogP contribution in [-0.4, -0.2) is 44.2 Å². The normalized spacial score (nSPS) is 13.3. The third-order valence-electron chi connectivity index (χ3n) is 2.38. The van der Waals surface area contributed by atoms with Crippen LogP contribution in [-0.2, 0) is 9.53 Å². The van der Waals surface area contributed by atoms with Gasteiger partial charge in [0.1, 0.15) is 12.6 Å². The van der Waals surface area contributed by atoms with E-state index in [0.29, 0.717) is 25.0 Å². The monoisotopic (exact) mass is 237 g/mol. The van der Waals surface area contributed by atoms with E-state index in [1.54, 1.807) is 0 Å². The number of quaternary nitrogens is 1.